The highest BCUT2D eigenvalue weighted by Gasteiger charge is 2.63. The van der Waals surface area contributed by atoms with Crippen LogP contribution < -0.4 is 4.90 Å². The molecule has 3 fully saturated rings. The summed E-state index contributed by atoms with van der Waals surface area (Å²) in [6.07, 6.45) is 2.67. The number of nitrogens with zero attached hydrogens (tertiary/aromatic N) is 4. The van der Waals surface area contributed by atoms with Crippen LogP contribution in [-0.2, 0) is 16.0 Å². The third-order valence-corrected chi connectivity index (χ3v) is 7.70. The fourth-order valence-electron chi connectivity index (χ4n) is 5.67. The van der Waals surface area contributed by atoms with E-state index in [1.54, 1.807) is 0 Å². The minimum Gasteiger partial charge on any atom is -0.396 e. The molecule has 0 aromatic carbocycles. The van der Waals surface area contributed by atoms with Crippen LogP contribution in [0.5, 0.6) is 0 Å². The molecule has 4 atom stereocenters. The molecule has 1 aromatic heterocycles. The third kappa shape index (κ3) is 3.01. The lowest BCUT2D eigenvalue weighted by Crippen LogP contribution is -2.56. The van der Waals surface area contributed by atoms with Gasteiger partial charge in [0, 0.05) is 45.1 Å². The summed E-state index contributed by atoms with van der Waals surface area (Å²) >= 11 is 1.51. The van der Waals surface area contributed by atoms with Crippen molar-refractivity contribution >= 4 is 29.4 Å². The van der Waals surface area contributed by atoms with Crippen LogP contribution in [0.4, 0.5) is 5.82 Å². The molecular formula is C21H28N4O4S. The number of aliphatic hydroxyl groups excluding tert-OH is 1. The van der Waals surface area contributed by atoms with Crippen LogP contribution >= 0.6 is 11.8 Å². The maximum atomic E-state index is 13.4. The van der Waals surface area contributed by atoms with Crippen molar-refractivity contribution in [2.75, 3.05) is 63.3 Å². The molecule has 0 unspecified atom stereocenters. The summed E-state index contributed by atoms with van der Waals surface area (Å²) in [7, 11) is 2.00. The van der Waals surface area contributed by atoms with Gasteiger partial charge in [-0.2, -0.15) is 11.8 Å². The van der Waals surface area contributed by atoms with E-state index < -0.39 is 5.60 Å². The SMILES string of the molecule is CSCC(=O)N1C[C@@H]2[C@H](CO)[C@H]3CN(C(=O)c4ccc5c(n4)N(C)CC5)C[C@]2(C1)O3. The maximum Gasteiger partial charge on any atom is 0.272 e. The number of carbonyl (C=O) groups is 2. The lowest BCUT2D eigenvalue weighted by molar-refractivity contribution is -0.134. The molecule has 4 aliphatic rings. The number of ether oxygens (including phenoxy) is 1. The fourth-order valence-corrected chi connectivity index (χ4v) is 6.10. The summed E-state index contributed by atoms with van der Waals surface area (Å²) in [5.74, 6) is 1.30. The Bertz CT molecular complexity index is 883. The number of aromatic nitrogens is 1. The van der Waals surface area contributed by atoms with Crippen LogP contribution in [0.2, 0.25) is 0 Å². The molecule has 5 heterocycles. The second kappa shape index (κ2) is 7.39. The number of fused-ring (bicyclic) bond motifs is 2. The Balaban J connectivity index is 1.40. The van der Waals surface area contributed by atoms with Gasteiger partial charge in [-0.15, -0.1) is 0 Å². The van der Waals surface area contributed by atoms with E-state index in [-0.39, 0.29) is 36.4 Å². The molecule has 1 spiro atoms. The molecule has 0 radical (unpaired) electrons. The Hall–Kier alpha value is -1.84. The van der Waals surface area contributed by atoms with E-state index >= 15 is 0 Å². The van der Waals surface area contributed by atoms with Crippen molar-refractivity contribution in [3.63, 3.8) is 0 Å². The highest BCUT2D eigenvalue weighted by molar-refractivity contribution is 7.99. The highest BCUT2D eigenvalue weighted by atomic mass is 32.2. The van der Waals surface area contributed by atoms with Crippen LogP contribution in [0.25, 0.3) is 0 Å². The minimum absolute atomic E-state index is 0.00552. The molecular weight excluding hydrogens is 404 g/mol. The molecule has 1 aromatic rings. The van der Waals surface area contributed by atoms with Gasteiger partial charge in [-0.1, -0.05) is 6.07 Å². The number of likely N-dealkylation sites (tertiary alicyclic amines) is 2. The molecule has 8 nitrogen and oxygen atoms in total. The Labute approximate surface area is 180 Å². The van der Waals surface area contributed by atoms with Crippen molar-refractivity contribution in [1.29, 1.82) is 0 Å². The largest absolute Gasteiger partial charge is 0.396 e. The molecule has 3 saturated heterocycles. The van der Waals surface area contributed by atoms with E-state index in [1.807, 2.05) is 35.2 Å². The van der Waals surface area contributed by atoms with Crippen LogP contribution in [0, 0.1) is 11.8 Å². The number of aliphatic hydroxyl groups is 1. The molecule has 9 heteroatoms. The van der Waals surface area contributed by atoms with Gasteiger partial charge < -0.3 is 24.5 Å². The number of hydrogen-bond acceptors (Lipinski definition) is 7. The fraction of sp³-hybridized carbons (Fsp3) is 0.667. The van der Waals surface area contributed by atoms with Crippen LogP contribution in [-0.4, -0.2) is 102 Å². The second-order valence-electron chi connectivity index (χ2n) is 8.92. The summed E-state index contributed by atoms with van der Waals surface area (Å²) in [5, 5.41) is 10.1. The van der Waals surface area contributed by atoms with Gasteiger partial charge in [-0.05, 0) is 24.3 Å². The first-order chi connectivity index (χ1) is 14.5. The number of likely N-dealkylation sites (N-methyl/N-ethyl adjacent to an activating group) is 1. The molecule has 30 heavy (non-hydrogen) atoms. The molecule has 1 N–H and O–H groups in total. The van der Waals surface area contributed by atoms with Crippen molar-refractivity contribution < 1.29 is 19.4 Å². The summed E-state index contributed by atoms with van der Waals surface area (Å²) in [4.78, 5) is 36.3. The quantitative estimate of drug-likeness (QED) is 0.722. The van der Waals surface area contributed by atoms with E-state index in [1.165, 1.54) is 17.3 Å². The average molecular weight is 433 g/mol. The number of pyridine rings is 1. The van der Waals surface area contributed by atoms with Crippen LogP contribution in [0.3, 0.4) is 0 Å². The first-order valence-corrected chi connectivity index (χ1v) is 11.9. The predicted octanol–water partition coefficient (Wildman–Crippen LogP) is 0.0972. The molecule has 0 saturated carbocycles. The van der Waals surface area contributed by atoms with Gasteiger partial charge in [0.15, 0.2) is 0 Å². The minimum atomic E-state index is -0.590. The molecule has 4 aliphatic heterocycles. The van der Waals surface area contributed by atoms with Crippen molar-refractivity contribution in [3.05, 3.63) is 23.4 Å². The summed E-state index contributed by atoms with van der Waals surface area (Å²) in [6, 6.07) is 3.82. The van der Waals surface area contributed by atoms with Crippen LogP contribution in [0.15, 0.2) is 12.1 Å². The van der Waals surface area contributed by atoms with Gasteiger partial charge in [0.1, 0.15) is 17.1 Å². The van der Waals surface area contributed by atoms with Gasteiger partial charge in [-0.3, -0.25) is 9.59 Å². The zero-order chi connectivity index (χ0) is 21.0. The Morgan fingerprint density at radius 1 is 1.30 bits per heavy atom. The van der Waals surface area contributed by atoms with Crippen molar-refractivity contribution in [2.45, 2.75) is 18.1 Å². The Morgan fingerprint density at radius 2 is 2.10 bits per heavy atom. The van der Waals surface area contributed by atoms with Crippen molar-refractivity contribution in [3.8, 4) is 0 Å². The summed E-state index contributed by atoms with van der Waals surface area (Å²) in [6.45, 7) is 2.88. The standard InChI is InChI=1S/C21H28N4O4S/c1-23-6-5-13-3-4-16(22-19(13)23)20(28)25-8-17-14(9-26)15-7-24(18(27)10-30-2)11-21(15,12-25)29-17/h3-4,14-15,17,26H,5-12H2,1-2H3/t14-,15+,17+,21-/m0/s1. The van der Waals surface area contributed by atoms with E-state index in [2.05, 4.69) is 9.88 Å². The third-order valence-electron chi connectivity index (χ3n) is 7.16. The Morgan fingerprint density at radius 3 is 2.87 bits per heavy atom. The monoisotopic (exact) mass is 432 g/mol. The lowest BCUT2D eigenvalue weighted by atomic mass is 9.83. The molecule has 0 aliphatic carbocycles. The number of morpholine rings is 1. The van der Waals surface area contributed by atoms with Gasteiger partial charge in [0.05, 0.1) is 24.9 Å². The molecule has 5 rings (SSSR count). The number of anilines is 1. The van der Waals surface area contributed by atoms with Crippen LogP contribution in [0.1, 0.15) is 16.1 Å². The van der Waals surface area contributed by atoms with Gasteiger partial charge in [0.2, 0.25) is 5.91 Å². The summed E-state index contributed by atoms with van der Waals surface area (Å²) < 4.78 is 6.40. The molecule has 2 amide bonds. The van der Waals surface area contributed by atoms with Crippen molar-refractivity contribution in [2.24, 2.45) is 11.8 Å². The van der Waals surface area contributed by atoms with Crippen molar-refractivity contribution in [1.82, 2.24) is 14.8 Å². The number of thioether (sulfide) groups is 1. The lowest BCUT2D eigenvalue weighted by Gasteiger charge is -2.40. The topological polar surface area (TPSA) is 86.2 Å². The second-order valence-corrected chi connectivity index (χ2v) is 9.78. The van der Waals surface area contributed by atoms with E-state index in [0.29, 0.717) is 37.6 Å². The zero-order valence-electron chi connectivity index (χ0n) is 17.4. The molecule has 2 bridgehead atoms. The van der Waals surface area contributed by atoms with Gasteiger partial charge >= 0.3 is 0 Å². The number of carbonyl (C=O) groups excluding carboxylic acids is 2. The van der Waals surface area contributed by atoms with Gasteiger partial charge in [0.25, 0.3) is 5.91 Å². The van der Waals surface area contributed by atoms with E-state index in [9.17, 15) is 14.7 Å². The Kier molecular flexibility index (Phi) is 4.95. The summed E-state index contributed by atoms with van der Waals surface area (Å²) in [5.41, 5.74) is 1.03. The number of amides is 2. The number of rotatable bonds is 4. The smallest absolute Gasteiger partial charge is 0.272 e. The normalized spacial score (nSPS) is 31.8. The maximum absolute atomic E-state index is 13.4. The predicted molar refractivity (Wildman–Crippen MR) is 114 cm³/mol. The highest BCUT2D eigenvalue weighted by Crippen LogP contribution is 2.49. The average Bonchev–Trinajstić information content (AvgIpc) is 3.34. The molecule has 162 valence electrons. The first-order valence-electron chi connectivity index (χ1n) is 10.5. The first kappa shape index (κ1) is 20.1. The van der Waals surface area contributed by atoms with E-state index in [4.69, 9.17) is 4.74 Å². The number of hydrogen-bond donors (Lipinski definition) is 1. The zero-order valence-corrected chi connectivity index (χ0v) is 18.2. The van der Waals surface area contributed by atoms with Gasteiger partial charge in [-0.25, -0.2) is 4.98 Å². The van der Waals surface area contributed by atoms with E-state index in [0.717, 1.165) is 18.8 Å².